The van der Waals surface area contributed by atoms with E-state index in [1.165, 1.54) is 17.3 Å². The van der Waals surface area contributed by atoms with Gasteiger partial charge < -0.3 is 25.8 Å². The van der Waals surface area contributed by atoms with Crippen LogP contribution in [0.3, 0.4) is 0 Å². The Hall–Kier alpha value is -3.76. The zero-order valence-electron chi connectivity index (χ0n) is 20.1. The fourth-order valence-corrected chi connectivity index (χ4v) is 3.84. The number of H-pyrrole nitrogens is 1. The SMILES string of the molecule is CN(C)CCCCCN(C(=O)c1nc[nH]c1C(N)=O)c1ccc(NC(=O)c2ccc(F)cc2Cl)cc1. The summed E-state index contributed by atoms with van der Waals surface area (Å²) in [6.07, 6.45) is 3.86. The van der Waals surface area contributed by atoms with Gasteiger partial charge in [-0.3, -0.25) is 14.4 Å². The minimum atomic E-state index is -0.778. The minimum absolute atomic E-state index is 0.000540. The molecule has 0 aliphatic carbocycles. The molecule has 0 saturated heterocycles. The molecule has 11 heteroatoms. The summed E-state index contributed by atoms with van der Waals surface area (Å²) in [5.74, 6) is -2.28. The van der Waals surface area contributed by atoms with Gasteiger partial charge in [0.05, 0.1) is 16.9 Å². The van der Waals surface area contributed by atoms with Crippen LogP contribution in [0.2, 0.25) is 5.02 Å². The molecule has 36 heavy (non-hydrogen) atoms. The number of unbranched alkanes of at least 4 members (excludes halogenated alkanes) is 2. The van der Waals surface area contributed by atoms with Crippen molar-refractivity contribution in [1.29, 1.82) is 0 Å². The molecule has 4 N–H and O–H groups in total. The first-order chi connectivity index (χ1) is 17.2. The molecule has 3 rings (SSSR count). The van der Waals surface area contributed by atoms with Gasteiger partial charge in [0.25, 0.3) is 17.7 Å². The second-order valence-corrected chi connectivity index (χ2v) is 8.84. The number of hydrogen-bond acceptors (Lipinski definition) is 5. The van der Waals surface area contributed by atoms with Crippen LogP contribution in [0.15, 0.2) is 48.8 Å². The summed E-state index contributed by atoms with van der Waals surface area (Å²) in [5, 5.41) is 2.70. The van der Waals surface area contributed by atoms with Crippen molar-refractivity contribution in [2.75, 3.05) is 37.4 Å². The first-order valence-corrected chi connectivity index (χ1v) is 11.7. The molecule has 0 fully saturated rings. The zero-order valence-corrected chi connectivity index (χ0v) is 20.8. The molecule has 9 nitrogen and oxygen atoms in total. The molecule has 2 aromatic carbocycles. The van der Waals surface area contributed by atoms with Crippen molar-refractivity contribution in [1.82, 2.24) is 14.9 Å². The summed E-state index contributed by atoms with van der Waals surface area (Å²) in [6.45, 7) is 1.33. The first kappa shape index (κ1) is 26.8. The smallest absolute Gasteiger partial charge is 0.279 e. The van der Waals surface area contributed by atoms with Crippen molar-refractivity contribution < 1.29 is 18.8 Å². The molecule has 0 unspecified atom stereocenters. The molecule has 3 aromatic rings. The third-order valence-electron chi connectivity index (χ3n) is 5.43. The number of nitrogens with two attached hydrogens (primary N) is 1. The number of aromatic nitrogens is 2. The predicted molar refractivity (Wildman–Crippen MR) is 137 cm³/mol. The lowest BCUT2D eigenvalue weighted by atomic mass is 10.1. The van der Waals surface area contributed by atoms with E-state index in [9.17, 15) is 18.8 Å². The number of imidazole rings is 1. The summed E-state index contributed by atoms with van der Waals surface area (Å²) >= 11 is 5.98. The third kappa shape index (κ3) is 6.89. The van der Waals surface area contributed by atoms with Crippen molar-refractivity contribution in [2.45, 2.75) is 19.3 Å². The highest BCUT2D eigenvalue weighted by Gasteiger charge is 2.25. The molecule has 0 spiro atoms. The molecule has 0 bridgehead atoms. The fraction of sp³-hybridized carbons (Fsp3) is 0.280. The van der Waals surface area contributed by atoms with Crippen LogP contribution in [-0.2, 0) is 0 Å². The number of amides is 3. The van der Waals surface area contributed by atoms with Crippen molar-refractivity contribution in [3.05, 3.63) is 76.6 Å². The largest absolute Gasteiger partial charge is 0.364 e. The van der Waals surface area contributed by atoms with Crippen LogP contribution in [-0.4, -0.2) is 59.8 Å². The Balaban J connectivity index is 1.78. The maximum absolute atomic E-state index is 13.3. The van der Waals surface area contributed by atoms with E-state index in [4.69, 9.17) is 17.3 Å². The minimum Gasteiger partial charge on any atom is -0.364 e. The van der Waals surface area contributed by atoms with Crippen molar-refractivity contribution in [2.24, 2.45) is 5.73 Å². The Kier molecular flexibility index (Phi) is 9.15. The Labute approximate surface area is 213 Å². The highest BCUT2D eigenvalue weighted by Crippen LogP contribution is 2.23. The number of halogens is 2. The fourth-order valence-electron chi connectivity index (χ4n) is 3.59. The molecule has 0 atom stereocenters. The molecular weight excluding hydrogens is 487 g/mol. The summed E-state index contributed by atoms with van der Waals surface area (Å²) in [7, 11) is 4.01. The summed E-state index contributed by atoms with van der Waals surface area (Å²) in [4.78, 5) is 47.8. The molecular formula is C25H28ClFN6O3. The Morgan fingerprint density at radius 2 is 1.75 bits per heavy atom. The lowest BCUT2D eigenvalue weighted by Gasteiger charge is -2.23. The monoisotopic (exact) mass is 514 g/mol. The molecule has 3 amide bonds. The lowest BCUT2D eigenvalue weighted by Crippen LogP contribution is -2.34. The zero-order chi connectivity index (χ0) is 26.2. The maximum atomic E-state index is 13.3. The molecule has 1 aromatic heterocycles. The van der Waals surface area contributed by atoms with Gasteiger partial charge in [0.15, 0.2) is 5.69 Å². The number of nitrogens with one attached hydrogen (secondary N) is 2. The van der Waals surface area contributed by atoms with Crippen LogP contribution in [0, 0.1) is 5.82 Å². The number of aromatic amines is 1. The lowest BCUT2D eigenvalue weighted by molar-refractivity contribution is 0.0954. The van der Waals surface area contributed by atoms with Gasteiger partial charge >= 0.3 is 0 Å². The summed E-state index contributed by atoms with van der Waals surface area (Å²) in [6, 6.07) is 10.1. The van der Waals surface area contributed by atoms with Gasteiger partial charge in [0.2, 0.25) is 0 Å². The predicted octanol–water partition coefficient (Wildman–Crippen LogP) is 3.93. The Morgan fingerprint density at radius 1 is 1.06 bits per heavy atom. The number of anilines is 2. The number of hydrogen-bond donors (Lipinski definition) is 3. The Bertz CT molecular complexity index is 1230. The van der Waals surface area contributed by atoms with Gasteiger partial charge in [-0.2, -0.15) is 0 Å². The molecule has 0 aliphatic rings. The van der Waals surface area contributed by atoms with Gasteiger partial charge in [-0.05, 0) is 75.9 Å². The van der Waals surface area contributed by atoms with Crippen LogP contribution < -0.4 is 16.0 Å². The van der Waals surface area contributed by atoms with Crippen LogP contribution in [0.5, 0.6) is 0 Å². The third-order valence-corrected chi connectivity index (χ3v) is 5.75. The van der Waals surface area contributed by atoms with Crippen molar-refractivity contribution in [3.63, 3.8) is 0 Å². The Morgan fingerprint density at radius 3 is 2.39 bits per heavy atom. The molecule has 0 aliphatic heterocycles. The van der Waals surface area contributed by atoms with Gasteiger partial charge in [-0.1, -0.05) is 18.0 Å². The van der Waals surface area contributed by atoms with Crippen molar-refractivity contribution in [3.8, 4) is 0 Å². The van der Waals surface area contributed by atoms with E-state index in [1.807, 2.05) is 14.1 Å². The van der Waals surface area contributed by atoms with Gasteiger partial charge in [-0.25, -0.2) is 9.37 Å². The molecule has 1 heterocycles. The number of rotatable bonds is 11. The van der Waals surface area contributed by atoms with E-state index in [0.717, 1.165) is 37.9 Å². The van der Waals surface area contributed by atoms with Crippen molar-refractivity contribution >= 4 is 40.7 Å². The van der Waals surface area contributed by atoms with Crippen LogP contribution >= 0.6 is 11.6 Å². The van der Waals surface area contributed by atoms with Crippen LogP contribution in [0.1, 0.15) is 50.6 Å². The quantitative estimate of drug-likeness (QED) is 0.334. The number of carbonyl (C=O) groups is 3. The number of carbonyl (C=O) groups excluding carboxylic acids is 3. The molecule has 0 radical (unpaired) electrons. The highest BCUT2D eigenvalue weighted by atomic mass is 35.5. The summed E-state index contributed by atoms with van der Waals surface area (Å²) in [5.41, 5.74) is 6.42. The first-order valence-electron chi connectivity index (χ1n) is 11.3. The van der Waals surface area contributed by atoms with E-state index in [-0.39, 0.29) is 22.0 Å². The van der Waals surface area contributed by atoms with E-state index < -0.39 is 23.5 Å². The molecule has 190 valence electrons. The second-order valence-electron chi connectivity index (χ2n) is 8.44. The van der Waals surface area contributed by atoms with Crippen LogP contribution in [0.25, 0.3) is 0 Å². The van der Waals surface area contributed by atoms with E-state index in [0.29, 0.717) is 17.9 Å². The number of primary amides is 1. The topological polar surface area (TPSA) is 124 Å². The van der Waals surface area contributed by atoms with E-state index >= 15 is 0 Å². The average Bonchev–Trinajstić information content (AvgIpc) is 3.32. The number of benzene rings is 2. The molecule has 0 saturated carbocycles. The normalized spacial score (nSPS) is 10.9. The maximum Gasteiger partial charge on any atom is 0.279 e. The summed E-state index contributed by atoms with van der Waals surface area (Å²) < 4.78 is 13.3. The van der Waals surface area contributed by atoms with Gasteiger partial charge in [-0.15, -0.1) is 0 Å². The van der Waals surface area contributed by atoms with E-state index in [1.54, 1.807) is 24.3 Å². The second kappa shape index (κ2) is 12.3. The average molecular weight is 515 g/mol. The highest BCUT2D eigenvalue weighted by molar-refractivity contribution is 6.34. The standard InChI is InChI=1S/C25H28ClFN6O3/c1-32(2)12-4-3-5-13-33(25(36)22-21(23(28)34)29-15-30-22)18-9-7-17(8-10-18)31-24(35)19-11-6-16(27)14-20(19)26/h6-11,14-15H,3-5,12-13H2,1-2H3,(H2,28,34)(H,29,30)(H,31,35). The van der Waals surface area contributed by atoms with Gasteiger partial charge in [0, 0.05) is 17.9 Å². The van der Waals surface area contributed by atoms with Gasteiger partial charge in [0.1, 0.15) is 11.5 Å². The number of nitrogens with zero attached hydrogens (tertiary/aromatic N) is 3. The van der Waals surface area contributed by atoms with E-state index in [2.05, 4.69) is 20.2 Å². The van der Waals surface area contributed by atoms with Crippen LogP contribution in [0.4, 0.5) is 15.8 Å².